The molecule has 1 saturated heterocycles. The van der Waals surface area contributed by atoms with E-state index in [-0.39, 0.29) is 17.7 Å². The largest absolute Gasteiger partial charge is 0.378 e. The summed E-state index contributed by atoms with van der Waals surface area (Å²) in [5.74, 6) is -0.313. The number of para-hydroxylation sites is 1. The van der Waals surface area contributed by atoms with Gasteiger partial charge in [-0.2, -0.15) is 0 Å². The van der Waals surface area contributed by atoms with Crippen molar-refractivity contribution in [3.63, 3.8) is 0 Å². The molecule has 2 aliphatic heterocycles. The number of thiocarbonyl (C=S) groups is 1. The first kappa shape index (κ1) is 28.0. The molecule has 1 aromatic rings. The lowest BCUT2D eigenvalue weighted by Gasteiger charge is -2.35. The minimum Gasteiger partial charge on any atom is -0.378 e. The van der Waals surface area contributed by atoms with Gasteiger partial charge in [0.05, 0.1) is 18.9 Å². The fourth-order valence-electron chi connectivity index (χ4n) is 4.99. The Kier molecular flexibility index (Phi) is 10.5. The van der Waals surface area contributed by atoms with Gasteiger partial charge >= 0.3 is 0 Å². The Hall–Kier alpha value is -3.04. The number of hydrogen-bond donors (Lipinski definition) is 1. The van der Waals surface area contributed by atoms with Crippen molar-refractivity contribution in [2.45, 2.75) is 39.0 Å². The molecule has 0 aromatic heterocycles. The Morgan fingerprint density at radius 1 is 1.13 bits per heavy atom. The zero-order valence-corrected chi connectivity index (χ0v) is 23.1. The summed E-state index contributed by atoms with van der Waals surface area (Å²) in [6.45, 7) is 8.25. The topological polar surface area (TPSA) is 77.5 Å². The van der Waals surface area contributed by atoms with Gasteiger partial charge in [0.2, 0.25) is 16.9 Å². The quantitative estimate of drug-likeness (QED) is 0.306. The normalized spacial score (nSPS) is 19.1. The number of ether oxygens (including phenoxy) is 1. The number of carbonyl (C=O) groups excluding carboxylic acids is 2. The van der Waals surface area contributed by atoms with Gasteiger partial charge in [-0.1, -0.05) is 24.6 Å². The monoisotopic (exact) mass is 537 g/mol. The number of nitrogens with zero attached hydrogens (tertiary/aromatic N) is 4. The zero-order valence-electron chi connectivity index (χ0n) is 22.3. The predicted octanol–water partition coefficient (Wildman–Crippen LogP) is 3.55. The second-order valence-corrected chi connectivity index (χ2v) is 10.1. The number of aliphatic imine (C=N–C) groups is 1. The minimum absolute atomic E-state index is 0.00974. The van der Waals surface area contributed by atoms with Crippen LogP contribution in [0.5, 0.6) is 0 Å². The van der Waals surface area contributed by atoms with Crippen molar-refractivity contribution in [1.82, 2.24) is 15.1 Å². The van der Waals surface area contributed by atoms with Gasteiger partial charge in [0, 0.05) is 57.1 Å². The van der Waals surface area contributed by atoms with Crippen LogP contribution >= 0.6 is 12.2 Å². The van der Waals surface area contributed by atoms with E-state index >= 15 is 0 Å². The molecule has 2 heterocycles. The summed E-state index contributed by atoms with van der Waals surface area (Å²) in [6.07, 6.45) is 9.76. The van der Waals surface area contributed by atoms with Crippen molar-refractivity contribution in [3.8, 4) is 0 Å². The van der Waals surface area contributed by atoms with Crippen LogP contribution < -0.4 is 10.2 Å². The van der Waals surface area contributed by atoms with Crippen LogP contribution in [0.3, 0.4) is 0 Å². The fraction of sp³-hybridized carbons (Fsp3) is 0.517. The van der Waals surface area contributed by atoms with E-state index in [1.807, 2.05) is 36.4 Å². The van der Waals surface area contributed by atoms with Crippen molar-refractivity contribution >= 4 is 40.5 Å². The molecule has 4 rings (SSSR count). The van der Waals surface area contributed by atoms with Crippen LogP contribution in [-0.2, 0) is 14.3 Å². The maximum atomic E-state index is 13.2. The van der Waals surface area contributed by atoms with Crippen molar-refractivity contribution in [1.29, 1.82) is 0 Å². The smallest absolute Gasteiger partial charge is 0.241 e. The van der Waals surface area contributed by atoms with Crippen molar-refractivity contribution < 1.29 is 14.3 Å². The molecule has 9 heteroatoms. The summed E-state index contributed by atoms with van der Waals surface area (Å²) in [4.78, 5) is 36.2. The maximum absolute atomic E-state index is 13.2. The highest BCUT2D eigenvalue weighted by Crippen LogP contribution is 2.25. The van der Waals surface area contributed by atoms with E-state index in [1.54, 1.807) is 4.90 Å². The van der Waals surface area contributed by atoms with Gasteiger partial charge in [-0.3, -0.25) is 14.5 Å². The van der Waals surface area contributed by atoms with E-state index in [0.29, 0.717) is 37.8 Å². The summed E-state index contributed by atoms with van der Waals surface area (Å²) in [5, 5.41) is 3.37. The minimum atomic E-state index is -0.388. The third-order valence-electron chi connectivity index (χ3n) is 7.16. The molecule has 3 aliphatic rings. The van der Waals surface area contributed by atoms with Crippen LogP contribution in [0.2, 0.25) is 0 Å². The average Bonchev–Trinajstić information content (AvgIpc) is 2.95. The number of carbonyl (C=O) groups is 2. The lowest BCUT2D eigenvalue weighted by atomic mass is 9.93. The van der Waals surface area contributed by atoms with Crippen molar-refractivity contribution in [2.24, 2.45) is 10.9 Å². The lowest BCUT2D eigenvalue weighted by Crippen LogP contribution is -2.47. The fourth-order valence-corrected chi connectivity index (χ4v) is 5.28. The van der Waals surface area contributed by atoms with E-state index < -0.39 is 0 Å². The highest BCUT2D eigenvalue weighted by molar-refractivity contribution is 7.80. The Bertz CT molecular complexity index is 1070. The van der Waals surface area contributed by atoms with Crippen LogP contribution in [0, 0.1) is 5.92 Å². The average molecular weight is 538 g/mol. The molecule has 1 aromatic carbocycles. The van der Waals surface area contributed by atoms with Gasteiger partial charge < -0.3 is 19.9 Å². The second-order valence-electron chi connectivity index (χ2n) is 9.74. The summed E-state index contributed by atoms with van der Waals surface area (Å²) >= 11 is 5.43. The Morgan fingerprint density at radius 3 is 2.68 bits per heavy atom. The first-order valence-electron chi connectivity index (χ1n) is 13.8. The molecule has 1 aliphatic carbocycles. The van der Waals surface area contributed by atoms with Gasteiger partial charge in [-0.05, 0) is 68.8 Å². The molecular weight excluding hydrogens is 498 g/mol. The number of rotatable bonds is 13. The van der Waals surface area contributed by atoms with E-state index in [9.17, 15) is 9.59 Å². The molecule has 1 fully saturated rings. The third-order valence-corrected chi connectivity index (χ3v) is 7.47. The van der Waals surface area contributed by atoms with E-state index in [4.69, 9.17) is 17.0 Å². The van der Waals surface area contributed by atoms with Crippen molar-refractivity contribution in [2.75, 3.05) is 57.4 Å². The molecular formula is C29H39N5O3S. The number of unbranched alkanes of at least 4 members (excludes halogenated alkanes) is 2. The molecule has 8 nitrogen and oxygen atoms in total. The SMILES string of the molecule is CCN(CCCNC(=O)CCCCCN1C(=O)C2C=C(N3CCOCC3)C=CC2=NC1=S)c1ccccc1. The molecule has 2 amide bonds. The number of amides is 2. The van der Waals surface area contributed by atoms with E-state index in [2.05, 4.69) is 39.2 Å². The molecule has 0 bridgehead atoms. The van der Waals surface area contributed by atoms with Gasteiger partial charge in [0.1, 0.15) is 5.92 Å². The molecule has 0 saturated carbocycles. The molecule has 1 unspecified atom stereocenters. The van der Waals surface area contributed by atoms with Gasteiger partial charge in [0.15, 0.2) is 0 Å². The number of benzene rings is 1. The number of allylic oxidation sites excluding steroid dienone is 2. The summed E-state index contributed by atoms with van der Waals surface area (Å²) in [5.41, 5.74) is 2.98. The van der Waals surface area contributed by atoms with Crippen LogP contribution in [0.15, 0.2) is 59.2 Å². The van der Waals surface area contributed by atoms with Gasteiger partial charge in [-0.15, -0.1) is 0 Å². The Labute approximate surface area is 231 Å². The van der Waals surface area contributed by atoms with Crippen LogP contribution in [-0.4, -0.2) is 84.9 Å². The van der Waals surface area contributed by atoms with Crippen LogP contribution in [0.1, 0.15) is 39.0 Å². The number of fused-ring (bicyclic) bond motifs is 1. The van der Waals surface area contributed by atoms with Gasteiger partial charge in [0.25, 0.3) is 0 Å². The highest BCUT2D eigenvalue weighted by Gasteiger charge is 2.35. The first-order valence-corrected chi connectivity index (χ1v) is 14.2. The predicted molar refractivity (Wildman–Crippen MR) is 155 cm³/mol. The lowest BCUT2D eigenvalue weighted by molar-refractivity contribution is -0.128. The van der Waals surface area contributed by atoms with Gasteiger partial charge in [-0.25, -0.2) is 4.99 Å². The zero-order chi connectivity index (χ0) is 26.7. The first-order chi connectivity index (χ1) is 18.6. The molecule has 204 valence electrons. The van der Waals surface area contributed by atoms with Crippen molar-refractivity contribution in [3.05, 3.63) is 54.3 Å². The van der Waals surface area contributed by atoms with E-state index in [0.717, 1.165) is 63.3 Å². The number of anilines is 1. The van der Waals surface area contributed by atoms with E-state index in [1.165, 1.54) is 5.69 Å². The number of hydrogen-bond acceptors (Lipinski definition) is 6. The summed E-state index contributed by atoms with van der Waals surface area (Å²) < 4.78 is 5.44. The molecule has 0 spiro atoms. The second kappa shape index (κ2) is 14.2. The maximum Gasteiger partial charge on any atom is 0.241 e. The van der Waals surface area contributed by atoms with Crippen LogP contribution in [0.25, 0.3) is 0 Å². The molecule has 1 atom stereocenters. The summed E-state index contributed by atoms with van der Waals surface area (Å²) in [7, 11) is 0. The summed E-state index contributed by atoms with van der Waals surface area (Å²) in [6, 6.07) is 10.3. The van der Waals surface area contributed by atoms with Crippen LogP contribution in [0.4, 0.5) is 5.69 Å². The molecule has 38 heavy (non-hydrogen) atoms. The standard InChI is InChI=1S/C29H39N5O3S/c1-2-32(23-10-5-3-6-11-23)16-9-15-30-27(35)12-7-4-8-17-34-28(36)25-22-24(33-18-20-37-21-19-33)13-14-26(25)31-29(34)38/h3,5-6,10-11,13-14,22,25H,2,4,7-9,12,15-21H2,1H3,(H,30,35). The molecule has 0 radical (unpaired) electrons. The Morgan fingerprint density at radius 2 is 1.92 bits per heavy atom. The molecule has 1 N–H and O–H groups in total. The third kappa shape index (κ3) is 7.51. The highest BCUT2D eigenvalue weighted by atomic mass is 32.1. The Balaban J connectivity index is 1.13. The number of morpholine rings is 1. The number of nitrogens with one attached hydrogen (secondary N) is 1.